The minimum absolute atomic E-state index is 0.128. The van der Waals surface area contributed by atoms with Crippen LogP contribution in [0.25, 0.3) is 0 Å². The van der Waals surface area contributed by atoms with Gasteiger partial charge in [-0.05, 0) is 79.1 Å². The van der Waals surface area contributed by atoms with Crippen LogP contribution in [0.4, 0.5) is 5.69 Å². The molecule has 1 saturated carbocycles. The van der Waals surface area contributed by atoms with E-state index in [0.29, 0.717) is 37.5 Å². The van der Waals surface area contributed by atoms with E-state index in [0.717, 1.165) is 67.2 Å². The van der Waals surface area contributed by atoms with Crippen LogP contribution in [0.3, 0.4) is 0 Å². The quantitative estimate of drug-likeness (QED) is 0.317. The Balaban J connectivity index is 1.37. The summed E-state index contributed by atoms with van der Waals surface area (Å²) in [6.45, 7) is 4.41. The van der Waals surface area contributed by atoms with Gasteiger partial charge >= 0.3 is 0 Å². The van der Waals surface area contributed by atoms with E-state index in [1.165, 1.54) is 5.56 Å². The molecule has 1 fully saturated rings. The molecule has 1 aliphatic heterocycles. The normalized spacial score (nSPS) is 17.1. The minimum Gasteiger partial charge on any atom is -0.338 e. The summed E-state index contributed by atoms with van der Waals surface area (Å²) in [5, 5.41) is 1.43. The topological polar surface area (TPSA) is 43.9 Å². The van der Waals surface area contributed by atoms with Crippen LogP contribution >= 0.6 is 23.2 Å². The highest BCUT2D eigenvalue weighted by molar-refractivity contribution is 6.30. The molecule has 0 unspecified atom stereocenters. The van der Waals surface area contributed by atoms with Crippen molar-refractivity contribution >= 4 is 40.7 Å². The number of hydrogen-bond donors (Lipinski definition) is 0. The molecular weight excluding hydrogens is 541 g/mol. The summed E-state index contributed by atoms with van der Waals surface area (Å²) in [6.07, 6.45) is 4.81. The molecule has 0 aromatic heterocycles. The molecule has 0 spiro atoms. The Morgan fingerprint density at radius 1 is 0.750 bits per heavy atom. The number of aryl methyl sites for hydroxylation is 1. The molecule has 210 valence electrons. The zero-order chi connectivity index (χ0) is 27.9. The predicted octanol–water partition coefficient (Wildman–Crippen LogP) is 6.99. The van der Waals surface area contributed by atoms with Gasteiger partial charge in [0, 0.05) is 67.3 Å². The Bertz CT molecular complexity index is 1290. The molecule has 0 atom stereocenters. The number of carbonyl (C=O) groups is 2. The third kappa shape index (κ3) is 7.87. The van der Waals surface area contributed by atoms with Crippen molar-refractivity contribution in [2.75, 3.05) is 31.1 Å². The lowest BCUT2D eigenvalue weighted by Crippen LogP contribution is -2.39. The van der Waals surface area contributed by atoms with E-state index in [9.17, 15) is 9.59 Å². The number of nitrogens with zero attached hydrogens (tertiary/aromatic N) is 3. The van der Waals surface area contributed by atoms with E-state index in [-0.39, 0.29) is 17.7 Å². The molecule has 0 bridgehead atoms. The second-order valence-electron chi connectivity index (χ2n) is 10.9. The van der Waals surface area contributed by atoms with Crippen molar-refractivity contribution in [3.8, 4) is 0 Å². The van der Waals surface area contributed by atoms with Gasteiger partial charge in [-0.2, -0.15) is 0 Å². The van der Waals surface area contributed by atoms with Crippen LogP contribution in [0.1, 0.15) is 48.8 Å². The van der Waals surface area contributed by atoms with E-state index in [4.69, 9.17) is 23.2 Å². The van der Waals surface area contributed by atoms with Gasteiger partial charge in [0.25, 0.3) is 0 Å². The van der Waals surface area contributed by atoms with E-state index in [1.807, 2.05) is 64.4 Å². The number of fused-ring (bicyclic) bond motifs is 1. The molecule has 0 saturated heterocycles. The number of carbonyl (C=O) groups excluding carboxylic acids is 2. The van der Waals surface area contributed by atoms with Gasteiger partial charge in [-0.15, -0.1) is 0 Å². The molecule has 2 aliphatic rings. The highest BCUT2D eigenvalue weighted by Crippen LogP contribution is 2.34. The number of halogens is 2. The van der Waals surface area contributed by atoms with Crippen LogP contribution in [-0.2, 0) is 29.1 Å². The predicted molar refractivity (Wildman–Crippen MR) is 163 cm³/mol. The summed E-state index contributed by atoms with van der Waals surface area (Å²) < 4.78 is 0. The van der Waals surface area contributed by atoms with E-state index in [1.54, 1.807) is 0 Å². The van der Waals surface area contributed by atoms with Gasteiger partial charge in [0.05, 0.1) is 0 Å². The van der Waals surface area contributed by atoms with Crippen LogP contribution in [0, 0.1) is 5.92 Å². The summed E-state index contributed by atoms with van der Waals surface area (Å²) in [5.41, 5.74) is 4.29. The minimum atomic E-state index is 0.128. The largest absolute Gasteiger partial charge is 0.338 e. The average molecular weight is 579 g/mol. The smallest absolute Gasteiger partial charge is 0.230 e. The molecule has 0 N–H and O–H groups in total. The zero-order valence-corrected chi connectivity index (χ0v) is 24.4. The van der Waals surface area contributed by atoms with Gasteiger partial charge in [0.1, 0.15) is 0 Å². The molecule has 0 radical (unpaired) electrons. The lowest BCUT2D eigenvalue weighted by molar-refractivity contribution is -0.131. The molecule has 2 amide bonds. The van der Waals surface area contributed by atoms with Gasteiger partial charge in [0.2, 0.25) is 11.8 Å². The van der Waals surface area contributed by atoms with Gasteiger partial charge in [-0.25, -0.2) is 0 Å². The van der Waals surface area contributed by atoms with Gasteiger partial charge in [0.15, 0.2) is 0 Å². The van der Waals surface area contributed by atoms with Crippen LogP contribution < -0.4 is 4.90 Å². The molecular formula is C33H37Cl2N3O2. The molecule has 5 nitrogen and oxygen atoms in total. The first kappa shape index (κ1) is 28.7. The number of amides is 2. The maximum Gasteiger partial charge on any atom is 0.230 e. The summed E-state index contributed by atoms with van der Waals surface area (Å²) in [7, 11) is 0. The standard InChI is InChI=1S/C33H37Cl2N3O2/c34-29-14-7-25(8-15-29)11-18-32(39)37-21-3-19-36(23-26-9-16-30(35)17-10-26)20-4-22-38(33(40)27-12-13-27)31-6-2-1-5-28(31)24-37/h1-2,5-10,14-17,27H,3-4,11-13,18-24H2. The first-order chi connectivity index (χ1) is 19.5. The van der Waals surface area contributed by atoms with Crippen LogP contribution in [0.15, 0.2) is 72.8 Å². The first-order valence-corrected chi connectivity index (χ1v) is 15.1. The Hall–Kier alpha value is -2.86. The van der Waals surface area contributed by atoms with Gasteiger partial charge in [-0.3, -0.25) is 14.5 Å². The molecule has 1 aliphatic carbocycles. The molecule has 7 heteroatoms. The highest BCUT2D eigenvalue weighted by atomic mass is 35.5. The number of rotatable bonds is 6. The number of hydrogen-bond acceptors (Lipinski definition) is 3. The fraction of sp³-hybridized carbons (Fsp3) is 0.394. The van der Waals surface area contributed by atoms with Crippen molar-refractivity contribution < 1.29 is 9.59 Å². The molecule has 40 heavy (non-hydrogen) atoms. The second-order valence-corrected chi connectivity index (χ2v) is 11.8. The lowest BCUT2D eigenvalue weighted by Gasteiger charge is -2.32. The summed E-state index contributed by atoms with van der Waals surface area (Å²) >= 11 is 12.2. The van der Waals surface area contributed by atoms with Crippen molar-refractivity contribution in [3.63, 3.8) is 0 Å². The van der Waals surface area contributed by atoms with Gasteiger partial charge in [-0.1, -0.05) is 65.7 Å². The van der Waals surface area contributed by atoms with Crippen LogP contribution in [0.2, 0.25) is 10.0 Å². The average Bonchev–Trinajstić information content (AvgIpc) is 3.81. The second kappa shape index (κ2) is 13.7. The third-order valence-electron chi connectivity index (χ3n) is 7.81. The third-order valence-corrected chi connectivity index (χ3v) is 8.31. The van der Waals surface area contributed by atoms with E-state index >= 15 is 0 Å². The number of para-hydroxylation sites is 1. The van der Waals surface area contributed by atoms with Crippen molar-refractivity contribution in [1.29, 1.82) is 0 Å². The monoisotopic (exact) mass is 577 g/mol. The summed E-state index contributed by atoms with van der Waals surface area (Å²) in [4.78, 5) is 33.5. The molecule has 1 heterocycles. The van der Waals surface area contributed by atoms with Crippen LogP contribution in [-0.4, -0.2) is 47.8 Å². The van der Waals surface area contributed by atoms with Gasteiger partial charge < -0.3 is 9.80 Å². The fourth-order valence-corrected chi connectivity index (χ4v) is 5.67. The molecule has 3 aromatic carbocycles. The Morgan fingerprint density at radius 3 is 2.05 bits per heavy atom. The lowest BCUT2D eigenvalue weighted by atomic mass is 10.1. The zero-order valence-electron chi connectivity index (χ0n) is 22.9. The van der Waals surface area contributed by atoms with Crippen molar-refractivity contribution in [2.24, 2.45) is 5.92 Å². The number of anilines is 1. The van der Waals surface area contributed by atoms with Crippen molar-refractivity contribution in [2.45, 2.75) is 51.6 Å². The Kier molecular flexibility index (Phi) is 9.79. The van der Waals surface area contributed by atoms with Crippen molar-refractivity contribution in [1.82, 2.24) is 9.80 Å². The van der Waals surface area contributed by atoms with Crippen molar-refractivity contribution in [3.05, 3.63) is 99.5 Å². The van der Waals surface area contributed by atoms with E-state index < -0.39 is 0 Å². The van der Waals surface area contributed by atoms with Crippen LogP contribution in [0.5, 0.6) is 0 Å². The summed E-state index contributed by atoms with van der Waals surface area (Å²) in [6, 6.07) is 23.8. The Labute approximate surface area is 247 Å². The summed E-state index contributed by atoms with van der Waals surface area (Å²) in [5.74, 6) is 0.476. The highest BCUT2D eigenvalue weighted by Gasteiger charge is 2.35. The maximum atomic E-state index is 13.6. The van der Waals surface area contributed by atoms with E-state index in [2.05, 4.69) is 23.1 Å². The maximum absolute atomic E-state index is 13.6. The number of benzene rings is 3. The SMILES string of the molecule is O=C(CCc1ccc(Cl)cc1)N1CCCN(Cc2ccc(Cl)cc2)CCCN(C(=O)C2CC2)c2ccccc2C1. The Morgan fingerprint density at radius 2 is 1.38 bits per heavy atom. The fourth-order valence-electron chi connectivity index (χ4n) is 5.42. The molecule has 3 aromatic rings. The first-order valence-electron chi connectivity index (χ1n) is 14.3. The molecule has 5 rings (SSSR count).